The molecule has 1 radical (unpaired) electrons. The third kappa shape index (κ3) is 8.83. The smallest absolute Gasteiger partial charge is 0 e. The van der Waals surface area contributed by atoms with Gasteiger partial charge in [0.05, 0.1) is 0 Å². The van der Waals surface area contributed by atoms with E-state index in [0.29, 0.717) is 0 Å². The average Bonchev–Trinajstić information content (AvgIpc) is 1.00. The molecule has 0 heterocycles. The molecule has 0 saturated heterocycles. The summed E-state index contributed by atoms with van der Waals surface area (Å²) in [5, 5.41) is 0. The fourth-order valence-electron chi connectivity index (χ4n) is 0. The number of hydrogen-bond acceptors (Lipinski definition) is 0. The first-order valence-electron chi connectivity index (χ1n) is 0.114. The maximum absolute atomic E-state index is 4.45. The van der Waals surface area contributed by atoms with Gasteiger partial charge in [0.1, 0.15) is 0 Å². The van der Waals surface area contributed by atoms with E-state index in [0.717, 1.165) is 0 Å². The number of rotatable bonds is 0. The zero-order valence-corrected chi connectivity index (χ0v) is 8.38. The van der Waals surface area contributed by atoms with Crippen molar-refractivity contribution in [1.82, 2.24) is 0 Å². The molecule has 4 heteroatoms. The van der Waals surface area contributed by atoms with Crippen molar-refractivity contribution in [3.8, 4) is 0 Å². The monoisotopic (exact) mass is 313 g/mol. The minimum absolute atomic E-state index is 0. The Balaban J connectivity index is -0.00000000500. The van der Waals surface area contributed by atoms with Crippen LogP contribution in [0.15, 0.2) is 0 Å². The molecule has 0 N–H and O–H groups in total. The van der Waals surface area contributed by atoms with Crippen LogP contribution in [0.4, 0.5) is 0 Å². The first-order valence-corrected chi connectivity index (χ1v) is 2.02. The standard InChI is InChI=1S/2Ag.ClH.Zn/h;;1H;/q;+1;;/p-1. The molecule has 0 aromatic rings. The van der Waals surface area contributed by atoms with Gasteiger partial charge in [-0.05, 0) is 0 Å². The largest absolute Gasteiger partial charge is 0 e. The summed E-state index contributed by atoms with van der Waals surface area (Å²) in [4.78, 5) is 0. The molecule has 0 bridgehead atoms. The molecule has 0 fully saturated rings. The normalized spacial score (nSPS) is 1.75. The minimum Gasteiger partial charge on any atom is 0 e. The van der Waals surface area contributed by atoms with Gasteiger partial charge in [0.25, 0.3) is 0 Å². The van der Waals surface area contributed by atoms with Crippen molar-refractivity contribution < 1.29 is 61.8 Å². The van der Waals surface area contributed by atoms with Crippen LogP contribution in [0.2, 0.25) is 0 Å². The van der Waals surface area contributed by atoms with Gasteiger partial charge >= 0.3 is 29.2 Å². The van der Waals surface area contributed by atoms with Gasteiger partial charge in [-0.25, -0.2) is 0 Å². The minimum atomic E-state index is 0. The van der Waals surface area contributed by atoms with E-state index in [2.05, 4.69) is 29.2 Å². The summed E-state index contributed by atoms with van der Waals surface area (Å²) in [6.45, 7) is 0. The van der Waals surface area contributed by atoms with Crippen molar-refractivity contribution in [1.29, 1.82) is 0 Å². The van der Waals surface area contributed by atoms with Gasteiger partial charge in [-0.2, -0.15) is 0 Å². The fraction of sp³-hybridized carbons (Fsp3) is 0. The fourth-order valence-corrected chi connectivity index (χ4v) is 0. The van der Waals surface area contributed by atoms with Crippen LogP contribution in [0, 0.1) is 0 Å². The van der Waals surface area contributed by atoms with Gasteiger partial charge in [-0.3, -0.25) is 0 Å². The summed E-state index contributed by atoms with van der Waals surface area (Å²) in [6.07, 6.45) is 0. The number of halogens is 1. The average molecular weight is 317 g/mol. The Hall–Kier alpha value is 2.39. The molecule has 0 saturated carbocycles. The Labute approximate surface area is 70.1 Å². The van der Waals surface area contributed by atoms with E-state index in [4.69, 9.17) is 0 Å². The van der Waals surface area contributed by atoms with Gasteiger partial charge in [-0.1, -0.05) is 0 Å². The summed E-state index contributed by atoms with van der Waals surface area (Å²) in [7, 11) is 4.45. The van der Waals surface area contributed by atoms with Crippen molar-refractivity contribution >= 4 is 9.19 Å². The summed E-state index contributed by atoms with van der Waals surface area (Å²) >= 11 is 2.42. The Bertz CT molecular complexity index is 6.00. The van der Waals surface area contributed by atoms with E-state index < -0.39 is 0 Å². The van der Waals surface area contributed by atoms with E-state index >= 15 is 0 Å². The van der Waals surface area contributed by atoms with Crippen LogP contribution in [0.25, 0.3) is 0 Å². The van der Waals surface area contributed by atoms with Gasteiger partial charge in [0, 0.05) is 41.9 Å². The molecule has 0 aliphatic heterocycles. The summed E-state index contributed by atoms with van der Waals surface area (Å²) in [5.74, 6) is 0. The van der Waals surface area contributed by atoms with Crippen LogP contribution >= 0.6 is 9.19 Å². The summed E-state index contributed by atoms with van der Waals surface area (Å²) in [5.41, 5.74) is 0. The van der Waals surface area contributed by atoms with Crippen LogP contribution in [0.5, 0.6) is 0 Å². The van der Waals surface area contributed by atoms with Gasteiger partial charge in [-0.15, -0.1) is 0 Å². The SMILES string of the molecule is [Ag].[Cl][Ag].[Zn]. The van der Waals surface area contributed by atoms with Crippen molar-refractivity contribution in [2.45, 2.75) is 0 Å². The zero-order chi connectivity index (χ0) is 2.00. The first-order chi connectivity index (χ1) is 1.00. The molecule has 0 aromatic carbocycles. The van der Waals surface area contributed by atoms with E-state index in [1.807, 2.05) is 0 Å². The van der Waals surface area contributed by atoms with Crippen molar-refractivity contribution in [2.75, 3.05) is 0 Å². The number of hydrogen-bond donors (Lipinski definition) is 0. The van der Waals surface area contributed by atoms with Crippen LogP contribution in [0.3, 0.4) is 0 Å². The zero-order valence-electron chi connectivity index (χ0n) is 1.69. The molecular weight excluding hydrogens is 317 g/mol. The maximum atomic E-state index is 4.45. The summed E-state index contributed by atoms with van der Waals surface area (Å²) in [6, 6.07) is 0. The van der Waals surface area contributed by atoms with E-state index in [-0.39, 0.29) is 41.9 Å². The van der Waals surface area contributed by atoms with Crippen LogP contribution in [-0.4, -0.2) is 0 Å². The molecule has 0 aliphatic carbocycles. The van der Waals surface area contributed by atoms with Crippen LogP contribution < -0.4 is 0 Å². The van der Waals surface area contributed by atoms with Crippen LogP contribution in [-0.2, 0) is 61.8 Å². The van der Waals surface area contributed by atoms with Crippen molar-refractivity contribution in [2.24, 2.45) is 0 Å². The summed E-state index contributed by atoms with van der Waals surface area (Å²) < 4.78 is 0. The van der Waals surface area contributed by atoms with Crippen molar-refractivity contribution in [3.05, 3.63) is 0 Å². The molecule has 0 aromatic heterocycles. The molecule has 0 unspecified atom stereocenters. The van der Waals surface area contributed by atoms with E-state index in [1.54, 1.807) is 0 Å². The molecule has 0 nitrogen and oxygen atoms in total. The van der Waals surface area contributed by atoms with Gasteiger partial charge in [0.2, 0.25) is 0 Å². The molecular formula is Ag2ClZn. The Morgan fingerprint density at radius 3 is 1.25 bits per heavy atom. The second kappa shape index (κ2) is 18.2. The quantitative estimate of drug-likeness (QED) is 0.577. The third-order valence-electron chi connectivity index (χ3n) is 0. The van der Waals surface area contributed by atoms with Crippen molar-refractivity contribution in [3.63, 3.8) is 0 Å². The molecule has 31 valence electrons. The first kappa shape index (κ1) is 16.2. The van der Waals surface area contributed by atoms with E-state index in [9.17, 15) is 0 Å². The molecule has 4 heavy (non-hydrogen) atoms. The molecule has 0 spiro atoms. The van der Waals surface area contributed by atoms with Gasteiger partial charge in [0.15, 0.2) is 0 Å². The third-order valence-corrected chi connectivity index (χ3v) is 0. The van der Waals surface area contributed by atoms with Gasteiger partial charge < -0.3 is 0 Å². The molecule has 0 aliphatic rings. The second-order valence-corrected chi connectivity index (χ2v) is 0. The maximum Gasteiger partial charge on any atom is 0 e. The van der Waals surface area contributed by atoms with E-state index in [1.165, 1.54) is 0 Å². The molecule has 0 amide bonds. The predicted octanol–water partition coefficient (Wildman–Crippen LogP) is 0.682. The molecule has 0 rings (SSSR count). The topological polar surface area (TPSA) is 0 Å². The Morgan fingerprint density at radius 2 is 1.25 bits per heavy atom. The Morgan fingerprint density at radius 1 is 1.25 bits per heavy atom. The molecule has 0 atom stereocenters. The predicted molar refractivity (Wildman–Crippen MR) is 5.85 cm³/mol. The van der Waals surface area contributed by atoms with Crippen LogP contribution in [0.1, 0.15) is 0 Å². The second-order valence-electron chi connectivity index (χ2n) is 0. The Kier molecular flexibility index (Phi) is 73.4.